The lowest BCUT2D eigenvalue weighted by molar-refractivity contribution is 0.989. The van der Waals surface area contributed by atoms with Gasteiger partial charge < -0.3 is 10.6 Å². The Balaban J connectivity index is 0.00000182. The van der Waals surface area contributed by atoms with E-state index in [9.17, 15) is 0 Å². The maximum Gasteiger partial charge on any atom is 0.193 e. The predicted molar refractivity (Wildman–Crippen MR) is 117 cm³/mol. The molecule has 0 radical (unpaired) electrons. The van der Waals surface area contributed by atoms with E-state index < -0.39 is 0 Å². The van der Waals surface area contributed by atoms with Crippen LogP contribution in [0.1, 0.15) is 16.7 Å². The first-order chi connectivity index (χ1) is 11.6. The van der Waals surface area contributed by atoms with E-state index in [1.54, 1.807) is 0 Å². The molecule has 0 aromatic heterocycles. The van der Waals surface area contributed by atoms with Gasteiger partial charge in [0.25, 0.3) is 0 Å². The van der Waals surface area contributed by atoms with E-state index in [1.807, 2.05) is 4.90 Å². The van der Waals surface area contributed by atoms with Crippen LogP contribution in [0.25, 0.3) is 22.9 Å². The van der Waals surface area contributed by atoms with Gasteiger partial charge in [0.15, 0.2) is 5.96 Å². The molecule has 0 bridgehead atoms. The summed E-state index contributed by atoms with van der Waals surface area (Å²) in [7, 11) is 0. The molecule has 3 aromatic rings. The molecular formula is C20H17ClIN3. The average molecular weight is 462 g/mol. The highest BCUT2D eigenvalue weighted by atomic mass is 127. The van der Waals surface area contributed by atoms with Gasteiger partial charge in [-0.2, -0.15) is 0 Å². The lowest BCUT2D eigenvalue weighted by Gasteiger charge is -2.25. The van der Waals surface area contributed by atoms with Crippen LogP contribution in [0.4, 0.5) is 5.69 Å². The molecule has 0 aliphatic heterocycles. The van der Waals surface area contributed by atoms with E-state index >= 15 is 0 Å². The van der Waals surface area contributed by atoms with Crippen LogP contribution in [-0.2, 0) is 6.54 Å². The number of guanidine groups is 1. The fraction of sp³-hybridized carbons (Fsp3) is 0.0500. The molecular weight excluding hydrogens is 445 g/mol. The summed E-state index contributed by atoms with van der Waals surface area (Å²) in [4.78, 5) is 1.86. The van der Waals surface area contributed by atoms with E-state index in [4.69, 9.17) is 11.1 Å². The van der Waals surface area contributed by atoms with E-state index in [1.165, 1.54) is 20.1 Å². The molecule has 3 N–H and O–H groups in total. The van der Waals surface area contributed by atoms with Gasteiger partial charge in [-0.15, -0.1) is 12.4 Å². The van der Waals surface area contributed by atoms with Crippen molar-refractivity contribution in [1.82, 2.24) is 0 Å². The third kappa shape index (κ3) is 3.24. The zero-order chi connectivity index (χ0) is 16.7. The van der Waals surface area contributed by atoms with E-state index in [0.29, 0.717) is 6.54 Å². The lowest BCUT2D eigenvalue weighted by atomic mass is 10.0. The number of nitrogens with one attached hydrogen (secondary N) is 1. The first-order valence-electron chi connectivity index (χ1n) is 7.73. The first kappa shape index (κ1) is 17.8. The minimum atomic E-state index is 0. The monoisotopic (exact) mass is 461 g/mol. The number of hydrogen-bond acceptors (Lipinski definition) is 1. The first-order valence-corrected chi connectivity index (χ1v) is 8.81. The number of nitrogens with two attached hydrogens (primary N) is 1. The second-order valence-electron chi connectivity index (χ2n) is 5.87. The van der Waals surface area contributed by atoms with Crippen LogP contribution in [0, 0.1) is 8.98 Å². The van der Waals surface area contributed by atoms with Gasteiger partial charge in [-0.3, -0.25) is 5.41 Å². The van der Waals surface area contributed by atoms with Crippen molar-refractivity contribution >= 4 is 69.6 Å². The minimum absolute atomic E-state index is 0. The van der Waals surface area contributed by atoms with Gasteiger partial charge in [0.05, 0.1) is 12.2 Å². The molecule has 126 valence electrons. The van der Waals surface area contributed by atoms with E-state index in [-0.39, 0.29) is 18.4 Å². The summed E-state index contributed by atoms with van der Waals surface area (Å²) in [5.74, 6) is 0.0557. The Morgan fingerprint density at radius 1 is 0.960 bits per heavy atom. The van der Waals surface area contributed by atoms with Crippen LogP contribution >= 0.6 is 35.0 Å². The van der Waals surface area contributed by atoms with E-state index in [0.717, 1.165) is 16.6 Å². The third-order valence-corrected chi connectivity index (χ3v) is 5.08. The quantitative estimate of drug-likeness (QED) is 0.249. The molecule has 3 aromatic carbocycles. The second-order valence-corrected chi connectivity index (χ2v) is 7.12. The van der Waals surface area contributed by atoms with Crippen molar-refractivity contribution in [1.29, 1.82) is 5.41 Å². The molecule has 0 saturated carbocycles. The second kappa shape index (κ2) is 7.06. The number of anilines is 1. The van der Waals surface area contributed by atoms with Crippen LogP contribution in [-0.4, -0.2) is 5.96 Å². The smallest absolute Gasteiger partial charge is 0.193 e. The van der Waals surface area contributed by atoms with Crippen molar-refractivity contribution < 1.29 is 0 Å². The molecule has 25 heavy (non-hydrogen) atoms. The Hall–Kier alpha value is -2.05. The summed E-state index contributed by atoms with van der Waals surface area (Å²) < 4.78 is 1.20. The van der Waals surface area contributed by atoms with Crippen LogP contribution in [0.3, 0.4) is 0 Å². The number of rotatable bonds is 3. The Morgan fingerprint density at radius 3 is 2.32 bits per heavy atom. The van der Waals surface area contributed by atoms with Crippen molar-refractivity contribution in [2.45, 2.75) is 6.54 Å². The molecule has 0 unspecified atom stereocenters. The van der Waals surface area contributed by atoms with Crippen LogP contribution in [0.15, 0.2) is 54.6 Å². The molecule has 1 aliphatic carbocycles. The number of benzene rings is 3. The molecule has 0 spiro atoms. The summed E-state index contributed by atoms with van der Waals surface area (Å²) >= 11 is 2.29. The summed E-state index contributed by atoms with van der Waals surface area (Å²) in [6.07, 6.45) is 4.28. The fourth-order valence-corrected chi connectivity index (χ4v) is 3.57. The fourth-order valence-electron chi connectivity index (χ4n) is 3.21. The topological polar surface area (TPSA) is 53.1 Å². The predicted octanol–water partition coefficient (Wildman–Crippen LogP) is 5.25. The molecule has 4 rings (SSSR count). The highest BCUT2D eigenvalue weighted by Crippen LogP contribution is 2.37. The van der Waals surface area contributed by atoms with Crippen molar-refractivity contribution in [3.8, 4) is 0 Å². The Labute approximate surface area is 166 Å². The maximum absolute atomic E-state index is 8.07. The average Bonchev–Trinajstić information content (AvgIpc) is 3.00. The van der Waals surface area contributed by atoms with E-state index in [2.05, 4.69) is 89.3 Å². The van der Waals surface area contributed by atoms with Gasteiger partial charge in [0.2, 0.25) is 0 Å². The SMILES string of the molecule is Cl.N=C(N)N(Cc1ccc(I)cc1)c1ccc2c3c(cccc13)C=C2. The molecule has 3 nitrogen and oxygen atoms in total. The van der Waals surface area contributed by atoms with Crippen molar-refractivity contribution in [3.63, 3.8) is 0 Å². The van der Waals surface area contributed by atoms with Crippen LogP contribution in [0.5, 0.6) is 0 Å². The number of halogens is 2. The standard InChI is InChI=1S/C20H16IN3.ClH/c21-16-9-4-13(5-10-16)12-24(20(22)23)18-11-8-15-7-6-14-2-1-3-17(18)19(14)15;/h1-11H,12H2,(H3,22,23);1H. The summed E-state index contributed by atoms with van der Waals surface area (Å²) in [6.45, 7) is 0.582. The molecule has 5 heteroatoms. The van der Waals surface area contributed by atoms with Gasteiger partial charge in [-0.25, -0.2) is 0 Å². The lowest BCUT2D eigenvalue weighted by Crippen LogP contribution is -2.36. The number of hydrogen-bond donors (Lipinski definition) is 2. The van der Waals surface area contributed by atoms with Gasteiger partial charge >= 0.3 is 0 Å². The summed E-state index contributed by atoms with van der Waals surface area (Å²) in [6, 6.07) is 18.8. The highest BCUT2D eigenvalue weighted by Gasteiger charge is 2.17. The van der Waals surface area contributed by atoms with Crippen molar-refractivity contribution in [3.05, 3.63) is 74.9 Å². The zero-order valence-corrected chi connectivity index (χ0v) is 16.3. The van der Waals surface area contributed by atoms with Crippen LogP contribution in [0.2, 0.25) is 0 Å². The number of nitrogens with zero attached hydrogens (tertiary/aromatic N) is 1. The summed E-state index contributed by atoms with van der Waals surface area (Å²) in [5, 5.41) is 10.4. The molecule has 1 aliphatic rings. The molecule has 0 heterocycles. The molecule has 0 saturated heterocycles. The van der Waals surface area contributed by atoms with Crippen molar-refractivity contribution in [2.24, 2.45) is 5.73 Å². The van der Waals surface area contributed by atoms with Crippen molar-refractivity contribution in [2.75, 3.05) is 4.90 Å². The summed E-state index contributed by atoms with van der Waals surface area (Å²) in [5.41, 5.74) is 10.5. The molecule has 0 atom stereocenters. The third-order valence-electron chi connectivity index (χ3n) is 4.36. The Bertz CT molecular complexity index is 968. The highest BCUT2D eigenvalue weighted by molar-refractivity contribution is 14.1. The van der Waals surface area contributed by atoms with Crippen LogP contribution < -0.4 is 10.6 Å². The minimum Gasteiger partial charge on any atom is -0.370 e. The normalized spacial score (nSPS) is 11.4. The molecule has 0 amide bonds. The van der Waals surface area contributed by atoms with Gasteiger partial charge in [0, 0.05) is 8.96 Å². The largest absolute Gasteiger partial charge is 0.370 e. The van der Waals surface area contributed by atoms with Gasteiger partial charge in [0.1, 0.15) is 0 Å². The van der Waals surface area contributed by atoms with Gasteiger partial charge in [-0.05, 0) is 62.9 Å². The zero-order valence-electron chi connectivity index (χ0n) is 13.4. The maximum atomic E-state index is 8.07. The molecule has 0 fully saturated rings. The van der Waals surface area contributed by atoms with Gasteiger partial charge in [-0.1, -0.05) is 48.6 Å². The Kier molecular flexibility index (Phi) is 5.01. The Morgan fingerprint density at radius 2 is 1.64 bits per heavy atom.